The molecule has 0 amide bonds. The molecule has 1 aromatic heterocycles. The van der Waals surface area contributed by atoms with E-state index in [0.29, 0.717) is 17.2 Å². The third kappa shape index (κ3) is 7.84. The molecule has 14 heteroatoms. The van der Waals surface area contributed by atoms with Gasteiger partial charge in [0.05, 0.1) is 6.54 Å². The van der Waals surface area contributed by atoms with E-state index in [0.717, 1.165) is 22.6 Å². The second kappa shape index (κ2) is 12.0. The Labute approximate surface area is 217 Å². The third-order valence-electron chi connectivity index (χ3n) is 5.07. The van der Waals surface area contributed by atoms with Gasteiger partial charge in [-0.15, -0.1) is 0 Å². The van der Waals surface area contributed by atoms with Crippen molar-refractivity contribution in [2.24, 2.45) is 0 Å². The van der Waals surface area contributed by atoms with Gasteiger partial charge >= 0.3 is 18.7 Å². The molecule has 6 nitrogen and oxygen atoms in total. The van der Waals surface area contributed by atoms with Crippen LogP contribution in [0.25, 0.3) is 0 Å². The summed E-state index contributed by atoms with van der Waals surface area (Å²) in [6, 6.07) is 10.6. The lowest BCUT2D eigenvalue weighted by molar-refractivity contribution is -0.253. The van der Waals surface area contributed by atoms with Crippen LogP contribution < -0.4 is 14.4 Å². The highest BCUT2D eigenvalue weighted by atomic mass is 35.5. The van der Waals surface area contributed by atoms with Gasteiger partial charge in [0.25, 0.3) is 0 Å². The fourth-order valence-electron chi connectivity index (χ4n) is 3.21. The van der Waals surface area contributed by atoms with Crippen molar-refractivity contribution in [2.75, 3.05) is 11.4 Å². The van der Waals surface area contributed by atoms with Crippen LogP contribution in [0.1, 0.15) is 18.1 Å². The van der Waals surface area contributed by atoms with Crippen LogP contribution in [0.5, 0.6) is 17.4 Å². The quantitative estimate of drug-likeness (QED) is 0.262. The second-order valence-corrected chi connectivity index (χ2v) is 8.36. The molecule has 0 saturated heterocycles. The Bertz CT molecular complexity index is 1230. The summed E-state index contributed by atoms with van der Waals surface area (Å²) in [5, 5.41) is 10.2. The molecule has 0 saturated carbocycles. The first-order valence-electron chi connectivity index (χ1n) is 11.0. The van der Waals surface area contributed by atoms with Crippen molar-refractivity contribution in [3.63, 3.8) is 0 Å². The predicted molar refractivity (Wildman–Crippen MR) is 124 cm³/mol. The zero-order valence-corrected chi connectivity index (χ0v) is 20.4. The molecule has 0 aliphatic rings. The standard InChI is InChI=1S/C24H21ClF7N3O3/c1-2-15-11-16(6-7-18(15)25)37-20-8-9-33-22(34-20)35(13-19(36)23(28,29)30)12-14-4-3-5-17(10-14)38-24(31,32)21(26)27/h3-11,19,21,36H,2,12-13H2,1H3/t19-/m1/s1. The van der Waals surface area contributed by atoms with E-state index in [1.54, 1.807) is 18.2 Å². The summed E-state index contributed by atoms with van der Waals surface area (Å²) in [6.07, 6.45) is -14.9. The normalized spacial score (nSPS) is 12.9. The van der Waals surface area contributed by atoms with Gasteiger partial charge in [-0.3, -0.25) is 0 Å². The van der Waals surface area contributed by atoms with Crippen LogP contribution in [0.15, 0.2) is 54.7 Å². The van der Waals surface area contributed by atoms with E-state index in [-0.39, 0.29) is 17.4 Å². The molecular formula is C24H21ClF7N3O3. The molecule has 206 valence electrons. The van der Waals surface area contributed by atoms with E-state index in [1.165, 1.54) is 24.4 Å². The molecule has 2 aromatic carbocycles. The number of aliphatic hydroxyl groups is 1. The number of nitrogens with zero attached hydrogens (tertiary/aromatic N) is 3. The number of hydrogen-bond acceptors (Lipinski definition) is 6. The first kappa shape index (κ1) is 29.2. The van der Waals surface area contributed by atoms with Crippen molar-refractivity contribution in [3.05, 3.63) is 70.9 Å². The molecule has 0 unspecified atom stereocenters. The summed E-state index contributed by atoms with van der Waals surface area (Å²) >= 11 is 6.10. The fraction of sp³-hybridized carbons (Fsp3) is 0.333. The van der Waals surface area contributed by atoms with Gasteiger partial charge in [0, 0.05) is 23.8 Å². The Balaban J connectivity index is 1.89. The van der Waals surface area contributed by atoms with Gasteiger partial charge in [-0.2, -0.15) is 35.7 Å². The van der Waals surface area contributed by atoms with Crippen molar-refractivity contribution in [2.45, 2.75) is 44.7 Å². The second-order valence-electron chi connectivity index (χ2n) is 7.95. The van der Waals surface area contributed by atoms with Crippen LogP contribution >= 0.6 is 11.6 Å². The van der Waals surface area contributed by atoms with E-state index < -0.39 is 43.7 Å². The fourth-order valence-corrected chi connectivity index (χ4v) is 3.46. The number of rotatable bonds is 11. The monoisotopic (exact) mass is 567 g/mol. The zero-order chi connectivity index (χ0) is 28.1. The number of benzene rings is 2. The molecule has 0 spiro atoms. The smallest absolute Gasteiger partial charge is 0.439 e. The maximum absolute atomic E-state index is 13.3. The SMILES string of the molecule is CCc1cc(Oc2ccnc(N(Cc3cccc(OC(F)(F)C(F)F)c3)C[C@@H](O)C(F)(F)F)n2)ccc1Cl. The van der Waals surface area contributed by atoms with Gasteiger partial charge in [-0.1, -0.05) is 30.7 Å². The molecule has 1 heterocycles. The highest BCUT2D eigenvalue weighted by Gasteiger charge is 2.44. The average molecular weight is 568 g/mol. The lowest BCUT2D eigenvalue weighted by Gasteiger charge is -2.27. The molecule has 38 heavy (non-hydrogen) atoms. The highest BCUT2D eigenvalue weighted by molar-refractivity contribution is 6.31. The van der Waals surface area contributed by atoms with Gasteiger partial charge in [-0.25, -0.2) is 4.98 Å². The largest absolute Gasteiger partial charge is 0.461 e. The van der Waals surface area contributed by atoms with E-state index in [2.05, 4.69) is 14.7 Å². The average Bonchev–Trinajstić information content (AvgIpc) is 2.84. The van der Waals surface area contributed by atoms with Crippen molar-refractivity contribution in [3.8, 4) is 17.4 Å². The molecule has 1 N–H and O–H groups in total. The molecule has 3 rings (SSSR count). The Morgan fingerprint density at radius 1 is 1.03 bits per heavy atom. The first-order valence-corrected chi connectivity index (χ1v) is 11.4. The highest BCUT2D eigenvalue weighted by Crippen LogP contribution is 2.30. The van der Waals surface area contributed by atoms with E-state index in [9.17, 15) is 35.8 Å². The van der Waals surface area contributed by atoms with Crippen LogP contribution in [0.4, 0.5) is 36.7 Å². The summed E-state index contributed by atoms with van der Waals surface area (Å²) in [5.74, 6) is -0.626. The van der Waals surface area contributed by atoms with Gasteiger partial charge in [0.1, 0.15) is 11.5 Å². The lowest BCUT2D eigenvalue weighted by Crippen LogP contribution is -2.41. The molecule has 3 aromatic rings. The summed E-state index contributed by atoms with van der Waals surface area (Å²) in [4.78, 5) is 8.99. The molecule has 0 radical (unpaired) electrons. The first-order chi connectivity index (χ1) is 17.8. The van der Waals surface area contributed by atoms with Gasteiger partial charge in [-0.05, 0) is 47.9 Å². The van der Waals surface area contributed by atoms with Crippen LogP contribution in [-0.2, 0) is 13.0 Å². The number of anilines is 1. The molecular weight excluding hydrogens is 547 g/mol. The molecule has 0 aliphatic heterocycles. The summed E-state index contributed by atoms with van der Waals surface area (Å²) in [6.45, 7) is 0.410. The number of ether oxygens (including phenoxy) is 2. The van der Waals surface area contributed by atoms with Crippen LogP contribution in [0.3, 0.4) is 0 Å². The topological polar surface area (TPSA) is 67.7 Å². The zero-order valence-electron chi connectivity index (χ0n) is 19.6. The Hall–Kier alpha value is -3.32. The van der Waals surface area contributed by atoms with Crippen LogP contribution in [0, 0.1) is 0 Å². The maximum atomic E-state index is 13.3. The number of aliphatic hydroxyl groups excluding tert-OH is 1. The number of aromatic nitrogens is 2. The van der Waals surface area contributed by atoms with Crippen molar-refractivity contribution in [1.82, 2.24) is 9.97 Å². The molecule has 1 atom stereocenters. The lowest BCUT2D eigenvalue weighted by atomic mass is 10.1. The summed E-state index contributed by atoms with van der Waals surface area (Å²) in [5.41, 5.74) is 0.870. The van der Waals surface area contributed by atoms with E-state index in [4.69, 9.17) is 16.3 Å². The van der Waals surface area contributed by atoms with Gasteiger partial charge in [0.2, 0.25) is 11.8 Å². The third-order valence-corrected chi connectivity index (χ3v) is 5.44. The van der Waals surface area contributed by atoms with E-state index in [1.807, 2.05) is 6.92 Å². The minimum absolute atomic E-state index is 0.0421. The predicted octanol–water partition coefficient (Wildman–Crippen LogP) is 6.65. The number of halogens is 8. The van der Waals surface area contributed by atoms with Gasteiger partial charge < -0.3 is 19.5 Å². The van der Waals surface area contributed by atoms with Crippen LogP contribution in [0.2, 0.25) is 5.02 Å². The van der Waals surface area contributed by atoms with E-state index >= 15 is 0 Å². The minimum atomic E-state index is -4.99. The number of aryl methyl sites for hydroxylation is 1. The Morgan fingerprint density at radius 2 is 1.76 bits per heavy atom. The molecule has 0 fully saturated rings. The van der Waals surface area contributed by atoms with Crippen molar-refractivity contribution in [1.29, 1.82) is 0 Å². The van der Waals surface area contributed by atoms with Gasteiger partial charge in [0.15, 0.2) is 6.10 Å². The maximum Gasteiger partial charge on any atom is 0.461 e. The molecule has 0 bridgehead atoms. The summed E-state index contributed by atoms with van der Waals surface area (Å²) < 4.78 is 101. The Morgan fingerprint density at radius 3 is 2.42 bits per heavy atom. The Kier molecular flexibility index (Phi) is 9.26. The number of hydrogen-bond donors (Lipinski definition) is 1. The van der Waals surface area contributed by atoms with Crippen molar-refractivity contribution < 1.29 is 45.3 Å². The minimum Gasteiger partial charge on any atom is -0.439 e. The van der Waals surface area contributed by atoms with Crippen molar-refractivity contribution >= 4 is 17.5 Å². The summed E-state index contributed by atoms with van der Waals surface area (Å²) in [7, 11) is 0. The molecule has 0 aliphatic carbocycles. The number of alkyl halides is 7. The van der Waals surface area contributed by atoms with Crippen LogP contribution in [-0.4, -0.2) is 46.4 Å².